The van der Waals surface area contributed by atoms with E-state index in [1.54, 1.807) is 0 Å². The molecule has 2 N–H and O–H groups in total. The van der Waals surface area contributed by atoms with Crippen molar-refractivity contribution in [2.24, 2.45) is 5.92 Å². The van der Waals surface area contributed by atoms with E-state index in [4.69, 9.17) is 4.74 Å². The van der Waals surface area contributed by atoms with Crippen molar-refractivity contribution in [3.8, 4) is 0 Å². The largest absolute Gasteiger partial charge is 0.380 e. The average Bonchev–Trinajstić information content (AvgIpc) is 2.27. The lowest BCUT2D eigenvalue weighted by atomic mass is 9.98. The van der Waals surface area contributed by atoms with Crippen LogP contribution in [0.4, 0.5) is 0 Å². The molecule has 19 heavy (non-hydrogen) atoms. The maximum Gasteiger partial charge on any atom is 0.0673 e. The van der Waals surface area contributed by atoms with E-state index in [1.165, 1.54) is 26.1 Å². The van der Waals surface area contributed by atoms with Crippen LogP contribution < -0.4 is 10.6 Å². The summed E-state index contributed by atoms with van der Waals surface area (Å²) in [5.74, 6) is 0.847. The number of hydrogen-bond donors (Lipinski definition) is 2. The molecule has 0 aromatic rings. The van der Waals surface area contributed by atoms with Crippen LogP contribution in [0, 0.1) is 5.92 Å². The monoisotopic (exact) mass is 383 g/mol. The second-order valence-corrected chi connectivity index (χ2v) is 8.33. The second kappa shape index (κ2) is 9.50. The number of likely N-dealkylation sites (tertiary alicyclic amines) is 1. The zero-order valence-electron chi connectivity index (χ0n) is 12.7. The minimum absolute atomic E-state index is 0.318. The fraction of sp³-hybridized carbons (Fsp3) is 1.00. The van der Waals surface area contributed by atoms with Crippen LogP contribution in [0.1, 0.15) is 27.2 Å². The number of nitrogens with one attached hydrogen (secondary N) is 2. The van der Waals surface area contributed by atoms with Gasteiger partial charge in [0.2, 0.25) is 0 Å². The number of alkyl halides is 1. The molecular formula is C14H30IN3O. The van der Waals surface area contributed by atoms with Gasteiger partial charge in [-0.05, 0) is 46.2 Å². The highest BCUT2D eigenvalue weighted by Gasteiger charge is 2.34. The fourth-order valence-electron chi connectivity index (χ4n) is 2.19. The van der Waals surface area contributed by atoms with Gasteiger partial charge in [0.05, 0.1) is 10.2 Å². The number of hydrogen-bond acceptors (Lipinski definition) is 4. The maximum atomic E-state index is 5.27. The van der Waals surface area contributed by atoms with Crippen LogP contribution in [0.5, 0.6) is 0 Å². The molecule has 0 amide bonds. The van der Waals surface area contributed by atoms with Crippen LogP contribution in [0.15, 0.2) is 0 Å². The van der Waals surface area contributed by atoms with Crippen LogP contribution in [0.2, 0.25) is 0 Å². The molecule has 0 aliphatic carbocycles. The van der Waals surface area contributed by atoms with Crippen LogP contribution in [0.25, 0.3) is 0 Å². The predicted octanol–water partition coefficient (Wildman–Crippen LogP) is 1.70. The highest BCUT2D eigenvalue weighted by Crippen LogP contribution is 2.30. The Morgan fingerprint density at radius 2 is 1.89 bits per heavy atom. The first-order valence-electron chi connectivity index (χ1n) is 7.47. The fourth-order valence-corrected chi connectivity index (χ4v) is 2.59. The molecule has 1 heterocycles. The van der Waals surface area contributed by atoms with Gasteiger partial charge < -0.3 is 15.4 Å². The molecule has 0 spiro atoms. The molecule has 1 rings (SSSR count). The molecule has 0 atom stereocenters. The number of nitrogens with zero attached hydrogens (tertiary/aromatic N) is 1. The van der Waals surface area contributed by atoms with E-state index < -0.39 is 0 Å². The van der Waals surface area contributed by atoms with Crippen molar-refractivity contribution in [1.82, 2.24) is 15.5 Å². The summed E-state index contributed by atoms with van der Waals surface area (Å²) >= 11 is 2.52. The molecule has 1 fully saturated rings. The molecule has 0 aromatic heterocycles. The van der Waals surface area contributed by atoms with Crippen molar-refractivity contribution >= 4 is 22.6 Å². The van der Waals surface area contributed by atoms with Gasteiger partial charge in [0.15, 0.2) is 0 Å². The summed E-state index contributed by atoms with van der Waals surface area (Å²) in [5.41, 5.74) is 0. The van der Waals surface area contributed by atoms with Crippen molar-refractivity contribution in [1.29, 1.82) is 0 Å². The minimum atomic E-state index is 0.318. The quantitative estimate of drug-likeness (QED) is 0.247. The first kappa shape index (κ1) is 17.6. The van der Waals surface area contributed by atoms with Crippen molar-refractivity contribution in [2.75, 3.05) is 52.5 Å². The number of halogens is 1. The summed E-state index contributed by atoms with van der Waals surface area (Å²) in [4.78, 5) is 2.54. The van der Waals surface area contributed by atoms with E-state index in [-0.39, 0.29) is 0 Å². The molecule has 1 saturated heterocycles. The molecule has 4 nitrogen and oxygen atoms in total. The summed E-state index contributed by atoms with van der Waals surface area (Å²) in [7, 11) is 0. The smallest absolute Gasteiger partial charge is 0.0673 e. The highest BCUT2D eigenvalue weighted by molar-refractivity contribution is 14.1. The molecule has 0 radical (unpaired) electrons. The Balaban J connectivity index is 1.80. The summed E-state index contributed by atoms with van der Waals surface area (Å²) in [6.07, 6.45) is 1.19. The van der Waals surface area contributed by atoms with E-state index in [0.717, 1.165) is 38.8 Å². The third-order valence-corrected chi connectivity index (χ3v) is 4.16. The van der Waals surface area contributed by atoms with Gasteiger partial charge in [-0.2, -0.15) is 0 Å². The zero-order chi connectivity index (χ0) is 14.1. The molecule has 1 aliphatic heterocycles. The van der Waals surface area contributed by atoms with E-state index in [9.17, 15) is 0 Å². The SMILES string of the molecule is CCOCCNCCCNCC1CN(C(C)(C)I)C1. The molecule has 0 unspecified atom stereocenters. The van der Waals surface area contributed by atoms with Crippen LogP contribution in [0.3, 0.4) is 0 Å². The molecule has 1 aliphatic rings. The lowest BCUT2D eigenvalue weighted by molar-refractivity contribution is 0.0598. The van der Waals surface area contributed by atoms with Gasteiger partial charge in [0.25, 0.3) is 0 Å². The summed E-state index contributed by atoms with van der Waals surface area (Å²) in [5, 5.41) is 6.95. The second-order valence-electron chi connectivity index (χ2n) is 5.69. The maximum absolute atomic E-state index is 5.27. The summed E-state index contributed by atoms with van der Waals surface area (Å²) in [6, 6.07) is 0. The van der Waals surface area contributed by atoms with E-state index >= 15 is 0 Å². The lowest BCUT2D eigenvalue weighted by Gasteiger charge is -2.46. The van der Waals surface area contributed by atoms with Gasteiger partial charge in [-0.1, -0.05) is 22.6 Å². The molecular weight excluding hydrogens is 353 g/mol. The Labute approximate surface area is 132 Å². The van der Waals surface area contributed by atoms with Gasteiger partial charge in [0.1, 0.15) is 0 Å². The normalized spacial score (nSPS) is 17.7. The Morgan fingerprint density at radius 3 is 2.53 bits per heavy atom. The topological polar surface area (TPSA) is 36.5 Å². The average molecular weight is 383 g/mol. The summed E-state index contributed by atoms with van der Waals surface area (Å²) in [6.45, 7) is 15.1. The predicted molar refractivity (Wildman–Crippen MR) is 90.0 cm³/mol. The summed E-state index contributed by atoms with van der Waals surface area (Å²) < 4.78 is 5.59. The van der Waals surface area contributed by atoms with Gasteiger partial charge in [0, 0.05) is 32.8 Å². The van der Waals surface area contributed by atoms with Crippen LogP contribution >= 0.6 is 22.6 Å². The van der Waals surface area contributed by atoms with E-state index in [2.05, 4.69) is 52.0 Å². The first-order chi connectivity index (χ1) is 9.04. The Bertz CT molecular complexity index is 227. The van der Waals surface area contributed by atoms with E-state index in [1.807, 2.05) is 6.92 Å². The Hall–Kier alpha value is 0.570. The highest BCUT2D eigenvalue weighted by atomic mass is 127. The third-order valence-electron chi connectivity index (χ3n) is 3.48. The molecule has 0 aromatic carbocycles. The molecule has 5 heteroatoms. The van der Waals surface area contributed by atoms with Crippen molar-refractivity contribution in [3.63, 3.8) is 0 Å². The van der Waals surface area contributed by atoms with Crippen molar-refractivity contribution in [3.05, 3.63) is 0 Å². The van der Waals surface area contributed by atoms with Gasteiger partial charge in [-0.25, -0.2) is 0 Å². The number of rotatable bonds is 11. The zero-order valence-corrected chi connectivity index (χ0v) is 14.8. The van der Waals surface area contributed by atoms with Crippen molar-refractivity contribution in [2.45, 2.75) is 30.7 Å². The van der Waals surface area contributed by atoms with Crippen LogP contribution in [-0.2, 0) is 4.74 Å². The molecule has 114 valence electrons. The third kappa shape index (κ3) is 7.80. The molecule has 0 bridgehead atoms. The van der Waals surface area contributed by atoms with Gasteiger partial charge >= 0.3 is 0 Å². The standard InChI is InChI=1S/C14H30IN3O/c1-4-19-9-8-16-6-5-7-17-10-13-11-18(12-13)14(2,3)15/h13,16-17H,4-12H2,1-3H3. The van der Waals surface area contributed by atoms with Gasteiger partial charge in [-0.3, -0.25) is 4.90 Å². The Kier molecular flexibility index (Phi) is 8.81. The number of ether oxygens (including phenoxy) is 1. The minimum Gasteiger partial charge on any atom is -0.380 e. The van der Waals surface area contributed by atoms with Gasteiger partial charge in [-0.15, -0.1) is 0 Å². The van der Waals surface area contributed by atoms with Crippen molar-refractivity contribution < 1.29 is 4.74 Å². The van der Waals surface area contributed by atoms with Crippen LogP contribution in [-0.4, -0.2) is 60.9 Å². The first-order valence-corrected chi connectivity index (χ1v) is 8.55. The van der Waals surface area contributed by atoms with E-state index in [0.29, 0.717) is 3.55 Å². The Morgan fingerprint density at radius 1 is 1.21 bits per heavy atom. The lowest BCUT2D eigenvalue weighted by Crippen LogP contribution is -2.57. The molecule has 0 saturated carbocycles.